The zero-order valence-electron chi connectivity index (χ0n) is 20.8. The summed E-state index contributed by atoms with van der Waals surface area (Å²) in [7, 11) is -3.12. The van der Waals surface area contributed by atoms with Gasteiger partial charge in [0.2, 0.25) is 10.0 Å². The van der Waals surface area contributed by atoms with E-state index in [2.05, 4.69) is 35.0 Å². The maximum Gasteiger partial charge on any atom is 0.216 e. The molecule has 0 spiro atoms. The molecule has 8 heteroatoms. The molecule has 34 heavy (non-hydrogen) atoms. The van der Waals surface area contributed by atoms with Crippen molar-refractivity contribution in [2.45, 2.75) is 75.2 Å². The molecule has 0 bridgehead atoms. The standard InChI is InChI=1S/C26H41FN4O2S/c1-20-19-29(26(2)10-12-28-13-11-26)16-17-31(20)25(22-4-3-5-23(27)18-22)21-8-14-30(15-9-21)34(32,33)24-6-7-24/h3-5,18,20-21,24-25,28H,6-17,19H2,1-2H3/t20-,25+/m0/s1. The highest BCUT2D eigenvalue weighted by Crippen LogP contribution is 2.41. The molecule has 6 nitrogen and oxygen atoms in total. The van der Waals surface area contributed by atoms with Crippen LogP contribution >= 0.6 is 0 Å². The summed E-state index contributed by atoms with van der Waals surface area (Å²) in [4.78, 5) is 5.27. The molecule has 4 fully saturated rings. The van der Waals surface area contributed by atoms with Gasteiger partial charge in [-0.1, -0.05) is 12.1 Å². The number of nitrogens with one attached hydrogen (secondary N) is 1. The number of sulfonamides is 1. The molecule has 3 aliphatic heterocycles. The number of benzene rings is 1. The van der Waals surface area contributed by atoms with Gasteiger partial charge in [-0.25, -0.2) is 17.1 Å². The van der Waals surface area contributed by atoms with Gasteiger partial charge in [-0.2, -0.15) is 0 Å². The van der Waals surface area contributed by atoms with Crippen molar-refractivity contribution in [3.8, 4) is 0 Å². The Balaban J connectivity index is 1.33. The van der Waals surface area contributed by atoms with E-state index >= 15 is 0 Å². The first-order valence-corrected chi connectivity index (χ1v) is 14.7. The molecule has 4 aliphatic rings. The first kappa shape index (κ1) is 24.6. The Morgan fingerprint density at radius 1 is 1.06 bits per heavy atom. The zero-order valence-corrected chi connectivity index (χ0v) is 21.6. The summed E-state index contributed by atoms with van der Waals surface area (Å²) >= 11 is 0. The van der Waals surface area contributed by atoms with Crippen molar-refractivity contribution >= 4 is 10.0 Å². The van der Waals surface area contributed by atoms with Gasteiger partial charge in [-0.05, 0) is 89.1 Å². The Morgan fingerprint density at radius 3 is 2.38 bits per heavy atom. The number of nitrogens with zero attached hydrogens (tertiary/aromatic N) is 3. The average molecular weight is 493 g/mol. The highest BCUT2D eigenvalue weighted by atomic mass is 32.2. The highest BCUT2D eigenvalue weighted by Gasteiger charge is 2.44. The molecule has 1 aromatic rings. The van der Waals surface area contributed by atoms with Crippen LogP contribution in [0.1, 0.15) is 64.0 Å². The first-order valence-electron chi connectivity index (χ1n) is 13.2. The summed E-state index contributed by atoms with van der Waals surface area (Å²) in [6, 6.07) is 7.59. The monoisotopic (exact) mass is 492 g/mol. The van der Waals surface area contributed by atoms with E-state index in [1.807, 2.05) is 6.07 Å². The summed E-state index contributed by atoms with van der Waals surface area (Å²) in [5.41, 5.74) is 1.29. The number of hydrogen-bond acceptors (Lipinski definition) is 5. The van der Waals surface area contributed by atoms with Crippen molar-refractivity contribution in [2.24, 2.45) is 5.92 Å². The fourth-order valence-electron chi connectivity index (χ4n) is 6.60. The third-order valence-corrected chi connectivity index (χ3v) is 11.3. The molecule has 3 heterocycles. The molecule has 0 radical (unpaired) electrons. The smallest absolute Gasteiger partial charge is 0.216 e. The molecule has 1 aromatic carbocycles. The third-order valence-electron chi connectivity index (χ3n) is 8.92. The molecule has 0 amide bonds. The van der Waals surface area contributed by atoms with Crippen LogP contribution in [0, 0.1) is 11.7 Å². The van der Waals surface area contributed by atoms with Gasteiger partial charge in [0, 0.05) is 50.3 Å². The average Bonchev–Trinajstić information content (AvgIpc) is 3.68. The van der Waals surface area contributed by atoms with Crippen LogP contribution in [0.3, 0.4) is 0 Å². The summed E-state index contributed by atoms with van der Waals surface area (Å²) in [6.07, 6.45) is 5.66. The molecule has 1 aliphatic carbocycles. The van der Waals surface area contributed by atoms with Crippen LogP contribution in [0.2, 0.25) is 0 Å². The Bertz CT molecular complexity index is 955. The predicted molar refractivity (Wildman–Crippen MR) is 134 cm³/mol. The second kappa shape index (κ2) is 9.77. The molecule has 1 saturated carbocycles. The number of halogens is 1. The van der Waals surface area contributed by atoms with E-state index in [4.69, 9.17) is 0 Å². The van der Waals surface area contributed by atoms with E-state index in [0.29, 0.717) is 25.0 Å². The number of piperazine rings is 1. The van der Waals surface area contributed by atoms with E-state index in [0.717, 1.165) is 64.0 Å². The van der Waals surface area contributed by atoms with Crippen molar-refractivity contribution in [1.82, 2.24) is 19.4 Å². The Morgan fingerprint density at radius 2 is 1.76 bits per heavy atom. The van der Waals surface area contributed by atoms with Gasteiger partial charge >= 0.3 is 0 Å². The van der Waals surface area contributed by atoms with Gasteiger partial charge in [0.25, 0.3) is 0 Å². The SMILES string of the molecule is C[C@H]1CN(C2(C)CCNCC2)CCN1[C@@H](c1cccc(F)c1)C1CCN(S(=O)(=O)C2CC2)CC1. The summed E-state index contributed by atoms with van der Waals surface area (Å²) in [5, 5.41) is 3.35. The minimum absolute atomic E-state index is 0.124. The molecule has 3 saturated heterocycles. The van der Waals surface area contributed by atoms with Gasteiger partial charge in [-0.3, -0.25) is 9.80 Å². The molecule has 190 valence electrons. The molecule has 2 atom stereocenters. The molecule has 0 aromatic heterocycles. The summed E-state index contributed by atoms with van der Waals surface area (Å²) in [6.45, 7) is 11.1. The van der Waals surface area contributed by atoms with E-state index in [9.17, 15) is 12.8 Å². The lowest BCUT2D eigenvalue weighted by Gasteiger charge is -2.53. The van der Waals surface area contributed by atoms with Crippen molar-refractivity contribution in [3.05, 3.63) is 35.6 Å². The molecule has 1 N–H and O–H groups in total. The van der Waals surface area contributed by atoms with Crippen molar-refractivity contribution in [2.75, 3.05) is 45.8 Å². The minimum atomic E-state index is -3.12. The van der Waals surface area contributed by atoms with Crippen LogP contribution in [0.5, 0.6) is 0 Å². The number of piperidine rings is 2. The third kappa shape index (κ3) is 4.94. The molecular weight excluding hydrogens is 451 g/mol. The second-order valence-corrected chi connectivity index (χ2v) is 13.5. The molecule has 0 unspecified atom stereocenters. The Kier molecular flexibility index (Phi) is 7.08. The molecular formula is C26H41FN4O2S. The Labute approximate surface area is 204 Å². The minimum Gasteiger partial charge on any atom is -0.317 e. The van der Waals surface area contributed by atoms with Crippen molar-refractivity contribution < 1.29 is 12.8 Å². The Hall–Kier alpha value is -1.06. The second-order valence-electron chi connectivity index (χ2n) is 11.3. The topological polar surface area (TPSA) is 55.9 Å². The van der Waals surface area contributed by atoms with E-state index in [1.165, 1.54) is 18.9 Å². The lowest BCUT2D eigenvalue weighted by atomic mass is 9.83. The van der Waals surface area contributed by atoms with Crippen LogP contribution in [0.4, 0.5) is 4.39 Å². The van der Waals surface area contributed by atoms with E-state index in [-0.39, 0.29) is 22.6 Å². The fraction of sp³-hybridized carbons (Fsp3) is 0.769. The normalized spacial score (nSPS) is 29.2. The first-order chi connectivity index (χ1) is 16.3. The largest absolute Gasteiger partial charge is 0.317 e. The highest BCUT2D eigenvalue weighted by molar-refractivity contribution is 7.90. The van der Waals surface area contributed by atoms with Crippen LogP contribution in [0.15, 0.2) is 24.3 Å². The van der Waals surface area contributed by atoms with Gasteiger partial charge < -0.3 is 5.32 Å². The van der Waals surface area contributed by atoms with Crippen LogP contribution < -0.4 is 5.32 Å². The van der Waals surface area contributed by atoms with E-state index in [1.54, 1.807) is 10.4 Å². The summed E-state index contributed by atoms with van der Waals surface area (Å²) < 4.78 is 41.6. The lowest BCUT2D eigenvalue weighted by Crippen LogP contribution is -2.62. The van der Waals surface area contributed by atoms with Crippen LogP contribution in [-0.2, 0) is 10.0 Å². The van der Waals surface area contributed by atoms with Crippen molar-refractivity contribution in [3.63, 3.8) is 0 Å². The lowest BCUT2D eigenvalue weighted by molar-refractivity contribution is -0.0338. The fourth-order valence-corrected chi connectivity index (χ4v) is 8.48. The maximum absolute atomic E-state index is 14.3. The van der Waals surface area contributed by atoms with E-state index < -0.39 is 10.0 Å². The zero-order chi connectivity index (χ0) is 23.9. The van der Waals surface area contributed by atoms with Crippen molar-refractivity contribution in [1.29, 1.82) is 0 Å². The molecule has 5 rings (SSSR count). The van der Waals surface area contributed by atoms with Gasteiger partial charge in [0.15, 0.2) is 0 Å². The summed E-state index contributed by atoms with van der Waals surface area (Å²) in [5.74, 6) is 0.140. The maximum atomic E-state index is 14.3. The predicted octanol–water partition coefficient (Wildman–Crippen LogP) is 3.22. The van der Waals surface area contributed by atoms with Crippen LogP contribution in [-0.4, -0.2) is 85.2 Å². The van der Waals surface area contributed by atoms with Gasteiger partial charge in [-0.15, -0.1) is 0 Å². The van der Waals surface area contributed by atoms with Crippen LogP contribution in [0.25, 0.3) is 0 Å². The van der Waals surface area contributed by atoms with Gasteiger partial charge in [0.05, 0.1) is 5.25 Å². The van der Waals surface area contributed by atoms with Gasteiger partial charge in [0.1, 0.15) is 5.82 Å². The quantitative estimate of drug-likeness (QED) is 0.661. The number of hydrogen-bond donors (Lipinski definition) is 1. The number of rotatable bonds is 6.